The number of rotatable bonds is 6. The minimum atomic E-state index is -4.29. The second-order valence-corrected chi connectivity index (χ2v) is 11.5. The van der Waals surface area contributed by atoms with Gasteiger partial charge in [-0.15, -0.1) is 0 Å². The molecule has 3 fully saturated rings. The van der Waals surface area contributed by atoms with Crippen LogP contribution in [-0.2, 0) is 0 Å². The smallest absolute Gasteiger partial charge is 0.351 e. The number of piperazine rings is 1. The fourth-order valence-corrected chi connectivity index (χ4v) is 5.53. The van der Waals surface area contributed by atoms with Gasteiger partial charge in [0.1, 0.15) is 0 Å². The lowest BCUT2D eigenvalue weighted by Crippen LogP contribution is -2.51. The van der Waals surface area contributed by atoms with Gasteiger partial charge in [0.05, 0.1) is 11.5 Å². The summed E-state index contributed by atoms with van der Waals surface area (Å²) in [6.45, 7) is 5.72. The van der Waals surface area contributed by atoms with Gasteiger partial charge in [0.25, 0.3) is 5.91 Å². The number of amides is 1. The van der Waals surface area contributed by atoms with E-state index in [-0.39, 0.29) is 12.3 Å². The lowest BCUT2D eigenvalue weighted by Gasteiger charge is -2.41. The molecule has 0 spiro atoms. The molecule has 3 unspecified atom stereocenters. The molecule has 0 bridgehead atoms. The molecule has 214 valence electrons. The fraction of sp³-hybridized carbons (Fsp3) is 0.567. The number of hydrogen-bond acceptors (Lipinski definition) is 6. The number of anilines is 1. The average molecular weight is 555 g/mol. The molecule has 1 aromatic heterocycles. The van der Waals surface area contributed by atoms with E-state index in [1.54, 1.807) is 24.5 Å². The van der Waals surface area contributed by atoms with E-state index in [9.17, 15) is 18.0 Å². The van der Waals surface area contributed by atoms with Crippen LogP contribution >= 0.6 is 0 Å². The van der Waals surface area contributed by atoms with Gasteiger partial charge in [0.15, 0.2) is 0 Å². The molecule has 7 nitrogen and oxygen atoms in total. The zero-order valence-electron chi connectivity index (χ0n) is 23.1. The van der Waals surface area contributed by atoms with Gasteiger partial charge in [-0.3, -0.25) is 4.79 Å². The Morgan fingerprint density at radius 2 is 1.73 bits per heavy atom. The number of hydrogen-bond donors (Lipinski definition) is 2. The fourth-order valence-electron chi connectivity index (χ4n) is 5.53. The third-order valence-electron chi connectivity index (χ3n) is 8.24. The van der Waals surface area contributed by atoms with E-state index in [4.69, 9.17) is 0 Å². The molecule has 2 aliphatic carbocycles. The molecule has 1 saturated heterocycles. The van der Waals surface area contributed by atoms with E-state index in [2.05, 4.69) is 42.2 Å². The van der Waals surface area contributed by atoms with Crippen LogP contribution in [0.2, 0.25) is 0 Å². The average Bonchev–Trinajstić information content (AvgIpc) is 3.74. The van der Waals surface area contributed by atoms with Crippen molar-refractivity contribution >= 4 is 11.9 Å². The summed E-state index contributed by atoms with van der Waals surface area (Å²) in [5.41, 5.74) is 2.62. The molecular formula is C30H37F3N6O. The highest BCUT2D eigenvalue weighted by molar-refractivity contribution is 5.94. The zero-order valence-corrected chi connectivity index (χ0v) is 23.1. The van der Waals surface area contributed by atoms with E-state index in [0.29, 0.717) is 48.1 Å². The van der Waals surface area contributed by atoms with Crippen LogP contribution < -0.4 is 10.6 Å². The Balaban J connectivity index is 1.21. The standard InChI is InChI=1S/C30H37F3N6O/c1-20-3-5-23(15-22(20)6-4-21-17-34-29(35-18-21)37-25-9-10-25)28(40)36-26-8-7-24(27(16-26)30(31,32)33)19-39-13-11-38(2)12-14-39/h3,5,15,17-18,24-27H,7-14,16,19H2,1-2H3,(H,36,40)(H,34,35,37). The van der Waals surface area contributed by atoms with Gasteiger partial charge in [0, 0.05) is 68.3 Å². The molecule has 2 N–H and O–H groups in total. The second kappa shape index (κ2) is 12.1. The topological polar surface area (TPSA) is 73.4 Å². The Morgan fingerprint density at radius 3 is 2.40 bits per heavy atom. The lowest BCUT2D eigenvalue weighted by atomic mass is 9.76. The van der Waals surface area contributed by atoms with E-state index >= 15 is 0 Å². The summed E-state index contributed by atoms with van der Waals surface area (Å²) in [6, 6.07) is 5.15. The van der Waals surface area contributed by atoms with E-state index < -0.39 is 24.1 Å². The maximum absolute atomic E-state index is 14.1. The van der Waals surface area contributed by atoms with Crippen molar-refractivity contribution in [3.8, 4) is 11.8 Å². The number of aryl methyl sites for hydroxylation is 1. The number of likely N-dealkylation sites (N-methyl/N-ethyl adjacent to an activating group) is 1. The third-order valence-corrected chi connectivity index (χ3v) is 8.24. The Morgan fingerprint density at radius 1 is 1.02 bits per heavy atom. The van der Waals surface area contributed by atoms with E-state index in [1.807, 2.05) is 20.0 Å². The van der Waals surface area contributed by atoms with Crippen LogP contribution in [0.15, 0.2) is 30.6 Å². The quantitative estimate of drug-likeness (QED) is 0.525. The first-order chi connectivity index (χ1) is 19.1. The van der Waals surface area contributed by atoms with Gasteiger partial charge >= 0.3 is 6.18 Å². The van der Waals surface area contributed by atoms with E-state index in [0.717, 1.165) is 44.6 Å². The van der Waals surface area contributed by atoms with Gasteiger partial charge in [-0.05, 0) is 69.7 Å². The monoisotopic (exact) mass is 554 g/mol. The number of nitrogens with one attached hydrogen (secondary N) is 2. The van der Waals surface area contributed by atoms with Gasteiger partial charge in [0.2, 0.25) is 5.95 Å². The number of carbonyl (C=O) groups is 1. The van der Waals surface area contributed by atoms with Crippen LogP contribution in [0.4, 0.5) is 19.1 Å². The highest BCUT2D eigenvalue weighted by Crippen LogP contribution is 2.42. The molecule has 2 heterocycles. The minimum Gasteiger partial charge on any atom is -0.351 e. The predicted molar refractivity (Wildman–Crippen MR) is 148 cm³/mol. The Labute approximate surface area is 233 Å². The van der Waals surface area contributed by atoms with Gasteiger partial charge in [-0.25, -0.2) is 9.97 Å². The first-order valence-corrected chi connectivity index (χ1v) is 14.1. The summed E-state index contributed by atoms with van der Waals surface area (Å²) >= 11 is 0. The normalized spacial score (nSPS) is 24.2. The third kappa shape index (κ3) is 7.52. The van der Waals surface area contributed by atoms with Crippen molar-refractivity contribution in [2.75, 3.05) is 45.1 Å². The van der Waals surface area contributed by atoms with Crippen molar-refractivity contribution in [1.82, 2.24) is 25.1 Å². The summed E-state index contributed by atoms with van der Waals surface area (Å²) in [4.78, 5) is 26.0. The summed E-state index contributed by atoms with van der Waals surface area (Å²) in [6.07, 6.45) is 2.21. The van der Waals surface area contributed by atoms with Crippen molar-refractivity contribution in [3.05, 3.63) is 52.8 Å². The first-order valence-electron chi connectivity index (χ1n) is 14.1. The zero-order chi connectivity index (χ0) is 28.3. The van der Waals surface area contributed by atoms with Crippen molar-refractivity contribution in [2.24, 2.45) is 11.8 Å². The molecule has 1 aliphatic heterocycles. The van der Waals surface area contributed by atoms with Crippen molar-refractivity contribution in [1.29, 1.82) is 0 Å². The predicted octanol–water partition coefficient (Wildman–Crippen LogP) is 4.08. The van der Waals surface area contributed by atoms with Crippen LogP contribution in [0.25, 0.3) is 0 Å². The molecule has 2 aromatic rings. The molecule has 40 heavy (non-hydrogen) atoms. The maximum atomic E-state index is 14.1. The highest BCUT2D eigenvalue weighted by Gasteiger charge is 2.48. The Kier molecular flexibility index (Phi) is 8.62. The van der Waals surface area contributed by atoms with Crippen LogP contribution in [0, 0.1) is 30.6 Å². The van der Waals surface area contributed by atoms with Gasteiger partial charge < -0.3 is 20.4 Å². The Bertz CT molecular complexity index is 1240. The first kappa shape index (κ1) is 28.4. The number of halogens is 3. The summed E-state index contributed by atoms with van der Waals surface area (Å²) < 4.78 is 42.2. The lowest BCUT2D eigenvalue weighted by molar-refractivity contribution is -0.200. The molecule has 10 heteroatoms. The highest BCUT2D eigenvalue weighted by atomic mass is 19.4. The molecule has 2 saturated carbocycles. The Hall–Kier alpha value is -3.16. The van der Waals surface area contributed by atoms with Crippen LogP contribution in [0.3, 0.4) is 0 Å². The summed E-state index contributed by atoms with van der Waals surface area (Å²) in [5.74, 6) is 4.49. The maximum Gasteiger partial charge on any atom is 0.392 e. The summed E-state index contributed by atoms with van der Waals surface area (Å²) in [7, 11) is 2.04. The number of carbonyl (C=O) groups excluding carboxylic acids is 1. The summed E-state index contributed by atoms with van der Waals surface area (Å²) in [5, 5.41) is 6.11. The molecule has 0 radical (unpaired) electrons. The molecule has 3 aliphatic rings. The molecule has 5 rings (SSSR count). The van der Waals surface area contributed by atoms with Crippen molar-refractivity contribution in [3.63, 3.8) is 0 Å². The largest absolute Gasteiger partial charge is 0.392 e. The number of aromatic nitrogens is 2. The molecule has 1 amide bonds. The van der Waals surface area contributed by atoms with Crippen LogP contribution in [0.5, 0.6) is 0 Å². The molecule has 1 aromatic carbocycles. The number of benzene rings is 1. The van der Waals surface area contributed by atoms with Gasteiger partial charge in [-0.1, -0.05) is 17.9 Å². The van der Waals surface area contributed by atoms with Crippen LogP contribution in [-0.4, -0.2) is 83.7 Å². The van der Waals surface area contributed by atoms with E-state index in [1.165, 1.54) is 0 Å². The van der Waals surface area contributed by atoms with Gasteiger partial charge in [-0.2, -0.15) is 13.2 Å². The SMILES string of the molecule is Cc1ccc(C(=O)NC2CCC(CN3CCN(C)CC3)C(C(F)(F)F)C2)cc1C#Cc1cnc(NC2CC2)nc1. The van der Waals surface area contributed by atoms with Crippen molar-refractivity contribution in [2.45, 2.75) is 57.3 Å². The number of alkyl halides is 3. The second-order valence-electron chi connectivity index (χ2n) is 11.5. The number of nitrogens with zero attached hydrogens (tertiary/aromatic N) is 4. The molecule has 3 atom stereocenters. The molecular weight excluding hydrogens is 517 g/mol. The van der Waals surface area contributed by atoms with Crippen LogP contribution in [0.1, 0.15) is 59.2 Å². The van der Waals surface area contributed by atoms with Crippen molar-refractivity contribution < 1.29 is 18.0 Å². The minimum absolute atomic E-state index is 0.0855.